The van der Waals surface area contributed by atoms with Gasteiger partial charge in [-0.3, -0.25) is 4.79 Å². The van der Waals surface area contributed by atoms with Gasteiger partial charge in [0.1, 0.15) is 0 Å². The normalized spacial score (nSPS) is 9.37. The van der Waals surface area contributed by atoms with Gasteiger partial charge < -0.3 is 10.8 Å². The summed E-state index contributed by atoms with van der Waals surface area (Å²) in [6.07, 6.45) is 3.85. The molecule has 19 heavy (non-hydrogen) atoms. The van der Waals surface area contributed by atoms with E-state index in [2.05, 4.69) is 49.9 Å². The summed E-state index contributed by atoms with van der Waals surface area (Å²) in [5, 5.41) is 6.89. The third-order valence-corrected chi connectivity index (χ3v) is 2.47. The third kappa shape index (κ3) is 19.2. The van der Waals surface area contributed by atoms with Crippen LogP contribution in [0.15, 0.2) is 30.3 Å². The highest BCUT2D eigenvalue weighted by atomic mass is 16.3. The summed E-state index contributed by atoms with van der Waals surface area (Å²) in [6, 6.07) is 10.7. The average molecular weight is 269 g/mol. The van der Waals surface area contributed by atoms with Gasteiger partial charge in [0.25, 0.3) is 6.47 Å². The predicted molar refractivity (Wildman–Crippen MR) is 84.4 cm³/mol. The van der Waals surface area contributed by atoms with Gasteiger partial charge in [-0.2, -0.15) is 0 Å². The van der Waals surface area contributed by atoms with Crippen LogP contribution >= 0.6 is 0 Å². The molecule has 0 aliphatic heterocycles. The number of carbonyl (C=O) groups is 1. The van der Waals surface area contributed by atoms with E-state index >= 15 is 0 Å². The molecule has 0 spiro atoms. The molecule has 0 bridgehead atoms. The molecule has 0 saturated heterocycles. The molecule has 0 radical (unpaired) electrons. The molecule has 3 heteroatoms. The van der Waals surface area contributed by atoms with E-state index in [9.17, 15) is 0 Å². The molecule has 0 saturated carbocycles. The number of benzene rings is 1. The van der Waals surface area contributed by atoms with Crippen LogP contribution in [-0.2, 0) is 11.2 Å². The van der Waals surface area contributed by atoms with Gasteiger partial charge in [-0.05, 0) is 31.4 Å². The number of hydrogen-bond donors (Lipinski definition) is 2. The quantitative estimate of drug-likeness (QED) is 0.813. The van der Waals surface area contributed by atoms with E-state index in [0.29, 0.717) is 0 Å². The first kappa shape index (κ1) is 22.8. The molecule has 0 fully saturated rings. The molecule has 1 aromatic rings. The van der Waals surface area contributed by atoms with E-state index in [1.807, 2.05) is 13.8 Å². The summed E-state index contributed by atoms with van der Waals surface area (Å²) < 4.78 is 0. The first-order valence-corrected chi connectivity index (χ1v) is 6.94. The van der Waals surface area contributed by atoms with Crippen molar-refractivity contribution in [2.24, 2.45) is 11.7 Å². The first-order chi connectivity index (χ1) is 9.24. The molecule has 1 atom stereocenters. The van der Waals surface area contributed by atoms with E-state index in [1.165, 1.54) is 31.9 Å². The highest BCUT2D eigenvalue weighted by Gasteiger charge is 1.98. The number of hydrogen-bond acceptors (Lipinski definition) is 2. The summed E-state index contributed by atoms with van der Waals surface area (Å²) in [4.78, 5) is 8.36. The number of nitrogens with two attached hydrogens (primary N) is 1. The fraction of sp³-hybridized carbons (Fsp3) is 0.562. The molecule has 1 aromatic carbocycles. The molecule has 0 amide bonds. The summed E-state index contributed by atoms with van der Waals surface area (Å²) >= 11 is 0. The SMILES string of the molecule is CC.CC[C@H](C)CCc1ccccc1.CN.O=CO. The molecule has 3 nitrogen and oxygen atoms in total. The fourth-order valence-corrected chi connectivity index (χ4v) is 1.26. The maximum absolute atomic E-state index is 8.36. The zero-order valence-electron chi connectivity index (χ0n) is 13.1. The molecule has 3 N–H and O–H groups in total. The molecular formula is C16H31NO2. The zero-order chi connectivity index (χ0) is 15.5. The third-order valence-electron chi connectivity index (χ3n) is 2.47. The average Bonchev–Trinajstić information content (AvgIpc) is 2.50. The van der Waals surface area contributed by atoms with Crippen LogP contribution < -0.4 is 5.73 Å². The summed E-state index contributed by atoms with van der Waals surface area (Å²) in [5.41, 5.74) is 5.97. The van der Waals surface area contributed by atoms with Crippen molar-refractivity contribution in [3.8, 4) is 0 Å². The molecule has 1 rings (SSSR count). The van der Waals surface area contributed by atoms with Crippen LogP contribution in [0, 0.1) is 5.92 Å². The summed E-state index contributed by atoms with van der Waals surface area (Å²) in [5.74, 6) is 0.866. The molecule has 0 aromatic heterocycles. The molecule has 0 heterocycles. The van der Waals surface area contributed by atoms with Gasteiger partial charge in [0.05, 0.1) is 0 Å². The Morgan fingerprint density at radius 1 is 1.21 bits per heavy atom. The van der Waals surface area contributed by atoms with Gasteiger partial charge in [0.15, 0.2) is 0 Å². The van der Waals surface area contributed by atoms with Crippen molar-refractivity contribution in [2.75, 3.05) is 7.05 Å². The minimum Gasteiger partial charge on any atom is -0.483 e. The zero-order valence-corrected chi connectivity index (χ0v) is 13.1. The van der Waals surface area contributed by atoms with Gasteiger partial charge in [0.2, 0.25) is 0 Å². The predicted octanol–water partition coefficient (Wildman–Crippen LogP) is 3.97. The van der Waals surface area contributed by atoms with Gasteiger partial charge in [0, 0.05) is 0 Å². The Labute approximate surface area is 118 Å². The minimum atomic E-state index is -0.250. The Hall–Kier alpha value is -1.35. The van der Waals surface area contributed by atoms with Crippen LogP contribution in [-0.4, -0.2) is 18.6 Å². The van der Waals surface area contributed by atoms with Crippen LogP contribution in [0.3, 0.4) is 0 Å². The largest absolute Gasteiger partial charge is 0.483 e. The Bertz CT molecular complexity index is 250. The lowest BCUT2D eigenvalue weighted by atomic mass is 9.99. The van der Waals surface area contributed by atoms with Gasteiger partial charge >= 0.3 is 0 Å². The maximum atomic E-state index is 8.36. The lowest BCUT2D eigenvalue weighted by Crippen LogP contribution is -1.94. The van der Waals surface area contributed by atoms with Crippen LogP contribution in [0.5, 0.6) is 0 Å². The Balaban J connectivity index is -0.000000313. The summed E-state index contributed by atoms with van der Waals surface area (Å²) in [6.45, 7) is 8.33. The minimum absolute atomic E-state index is 0.250. The highest BCUT2D eigenvalue weighted by molar-refractivity contribution is 5.32. The van der Waals surface area contributed by atoms with Gasteiger partial charge in [-0.25, -0.2) is 0 Å². The topological polar surface area (TPSA) is 63.3 Å². The lowest BCUT2D eigenvalue weighted by Gasteiger charge is -2.07. The maximum Gasteiger partial charge on any atom is 0.290 e. The standard InChI is InChI=1S/C12H18.C2H6.CH5N.CH2O2/c1-3-11(2)9-10-12-7-5-4-6-8-12;2*1-2;2-1-3/h4-8,11H,3,9-10H2,1-2H3;1-2H3;2H2,1H3;1H,(H,2,3)/t11-;;;/m0.../s1. The van der Waals surface area contributed by atoms with Gasteiger partial charge in [-0.1, -0.05) is 64.4 Å². The van der Waals surface area contributed by atoms with E-state index < -0.39 is 0 Å². The second-order valence-corrected chi connectivity index (χ2v) is 3.64. The van der Waals surface area contributed by atoms with Crippen molar-refractivity contribution in [3.05, 3.63) is 35.9 Å². The van der Waals surface area contributed by atoms with E-state index in [0.717, 1.165) is 5.92 Å². The molecule has 0 unspecified atom stereocenters. The van der Waals surface area contributed by atoms with E-state index in [-0.39, 0.29) is 6.47 Å². The van der Waals surface area contributed by atoms with Crippen LogP contribution in [0.4, 0.5) is 0 Å². The monoisotopic (exact) mass is 269 g/mol. The Kier molecular flexibility index (Phi) is 26.3. The lowest BCUT2D eigenvalue weighted by molar-refractivity contribution is -0.122. The second kappa shape index (κ2) is 21.9. The summed E-state index contributed by atoms with van der Waals surface area (Å²) in [7, 11) is 1.50. The van der Waals surface area contributed by atoms with Crippen molar-refractivity contribution in [1.29, 1.82) is 0 Å². The van der Waals surface area contributed by atoms with Crippen molar-refractivity contribution in [3.63, 3.8) is 0 Å². The fourth-order valence-electron chi connectivity index (χ4n) is 1.26. The number of aryl methyl sites for hydroxylation is 1. The van der Waals surface area contributed by atoms with Crippen LogP contribution in [0.2, 0.25) is 0 Å². The molecule has 0 aliphatic rings. The van der Waals surface area contributed by atoms with Crippen LogP contribution in [0.25, 0.3) is 0 Å². The van der Waals surface area contributed by atoms with Crippen molar-refractivity contribution >= 4 is 6.47 Å². The number of rotatable bonds is 4. The van der Waals surface area contributed by atoms with Gasteiger partial charge in [-0.15, -0.1) is 0 Å². The number of carboxylic acid groups (broad SMARTS) is 1. The van der Waals surface area contributed by atoms with E-state index in [4.69, 9.17) is 9.90 Å². The molecular weight excluding hydrogens is 238 g/mol. The molecule has 0 aliphatic carbocycles. The van der Waals surface area contributed by atoms with Crippen LogP contribution in [0.1, 0.15) is 46.1 Å². The highest BCUT2D eigenvalue weighted by Crippen LogP contribution is 2.11. The van der Waals surface area contributed by atoms with Crippen molar-refractivity contribution in [1.82, 2.24) is 0 Å². The van der Waals surface area contributed by atoms with Crippen molar-refractivity contribution in [2.45, 2.75) is 47.0 Å². The van der Waals surface area contributed by atoms with E-state index in [1.54, 1.807) is 0 Å². The Morgan fingerprint density at radius 2 is 1.63 bits per heavy atom. The first-order valence-electron chi connectivity index (χ1n) is 6.94. The Morgan fingerprint density at radius 3 is 2.00 bits per heavy atom. The smallest absolute Gasteiger partial charge is 0.290 e. The molecule has 112 valence electrons. The van der Waals surface area contributed by atoms with Crippen molar-refractivity contribution < 1.29 is 9.90 Å². The second-order valence-electron chi connectivity index (χ2n) is 3.64.